The van der Waals surface area contributed by atoms with Crippen LogP contribution in [-0.4, -0.2) is 30.3 Å². The molecule has 3 rings (SSSR count). The van der Waals surface area contributed by atoms with Crippen molar-refractivity contribution < 1.29 is 23.4 Å². The number of hydrogen-bond donors (Lipinski definition) is 2. The fourth-order valence-electron chi connectivity index (χ4n) is 2.79. The largest absolute Gasteiger partial charge is 0.771 e. The fraction of sp³-hybridized carbons (Fsp3) is 0.167. The van der Waals surface area contributed by atoms with Crippen LogP contribution in [0.15, 0.2) is 42.5 Å². The first-order valence-corrected chi connectivity index (χ1v) is 9.55. The van der Waals surface area contributed by atoms with Crippen molar-refractivity contribution in [2.75, 3.05) is 11.2 Å². The molecule has 1 atom stereocenters. The summed E-state index contributed by atoms with van der Waals surface area (Å²) in [5, 5.41) is 13.3. The quantitative estimate of drug-likeness (QED) is 0.578. The Morgan fingerprint density at radius 3 is 2.63 bits per heavy atom. The van der Waals surface area contributed by atoms with Gasteiger partial charge in [-0.25, -0.2) is 0 Å². The van der Waals surface area contributed by atoms with Gasteiger partial charge in [-0.05, 0) is 60.5 Å². The number of halogens is 1. The van der Waals surface area contributed by atoms with Crippen LogP contribution in [0.1, 0.15) is 5.69 Å². The second-order valence-electron chi connectivity index (χ2n) is 5.81. The van der Waals surface area contributed by atoms with E-state index in [0.29, 0.717) is 38.8 Å². The first-order valence-electron chi connectivity index (χ1n) is 7.93. The van der Waals surface area contributed by atoms with Crippen LogP contribution in [-0.2, 0) is 22.4 Å². The van der Waals surface area contributed by atoms with E-state index in [0.717, 1.165) is 0 Å². The van der Waals surface area contributed by atoms with Gasteiger partial charge in [0.05, 0.1) is 17.1 Å². The first-order chi connectivity index (χ1) is 12.8. The van der Waals surface area contributed by atoms with Crippen LogP contribution >= 0.6 is 11.6 Å². The maximum absolute atomic E-state index is 11.3. The number of carboxylic acid groups (broad SMARTS) is 1. The molecule has 0 amide bonds. The van der Waals surface area contributed by atoms with Crippen molar-refractivity contribution in [3.05, 3.63) is 53.2 Å². The van der Waals surface area contributed by atoms with Gasteiger partial charge in [0.1, 0.15) is 12.3 Å². The molecule has 1 heterocycles. The zero-order valence-corrected chi connectivity index (χ0v) is 15.8. The number of aliphatic carboxylic acids is 1. The molecule has 0 radical (unpaired) electrons. The Labute approximate surface area is 162 Å². The zero-order valence-electron chi connectivity index (χ0n) is 14.3. The summed E-state index contributed by atoms with van der Waals surface area (Å²) in [6, 6.07) is 12.0. The lowest BCUT2D eigenvalue weighted by molar-refractivity contribution is -0.137. The number of anilines is 1. The molecule has 9 heteroatoms. The van der Waals surface area contributed by atoms with Gasteiger partial charge in [-0.1, -0.05) is 11.6 Å². The van der Waals surface area contributed by atoms with Crippen LogP contribution in [0.5, 0.6) is 11.5 Å². The third kappa shape index (κ3) is 4.41. The molecule has 27 heavy (non-hydrogen) atoms. The zero-order chi connectivity index (χ0) is 19.6. The summed E-state index contributed by atoms with van der Waals surface area (Å²) in [6.07, 6.45) is 0. The number of carbonyl (C=O) groups is 1. The van der Waals surface area contributed by atoms with Crippen molar-refractivity contribution in [3.63, 3.8) is 0 Å². The molecule has 0 aliphatic heterocycles. The van der Waals surface area contributed by atoms with E-state index in [1.165, 1.54) is 0 Å². The smallest absolute Gasteiger partial charge is 0.323 e. The van der Waals surface area contributed by atoms with Crippen molar-refractivity contribution >= 4 is 45.2 Å². The van der Waals surface area contributed by atoms with Crippen LogP contribution < -0.4 is 10.1 Å². The Kier molecular flexibility index (Phi) is 5.69. The molecule has 2 aromatic carbocycles. The van der Waals surface area contributed by atoms with E-state index < -0.39 is 17.0 Å². The van der Waals surface area contributed by atoms with Crippen molar-refractivity contribution in [1.29, 1.82) is 0 Å². The molecule has 0 fully saturated rings. The van der Waals surface area contributed by atoms with E-state index in [9.17, 15) is 18.7 Å². The van der Waals surface area contributed by atoms with Gasteiger partial charge < -0.3 is 24.3 Å². The predicted molar refractivity (Wildman–Crippen MR) is 103 cm³/mol. The molecule has 2 N–H and O–H groups in total. The van der Waals surface area contributed by atoms with Crippen LogP contribution in [0.3, 0.4) is 0 Å². The molecule has 0 aliphatic rings. The molecular weight excluding hydrogens is 392 g/mol. The van der Waals surface area contributed by atoms with Crippen LogP contribution in [0, 0.1) is 6.92 Å². The summed E-state index contributed by atoms with van der Waals surface area (Å²) < 4.78 is 29.2. The molecule has 0 spiro atoms. The molecule has 0 saturated carbocycles. The van der Waals surface area contributed by atoms with E-state index in [4.69, 9.17) is 16.3 Å². The Balaban J connectivity index is 2.08. The Bertz CT molecular complexity index is 1020. The Morgan fingerprint density at radius 1 is 1.30 bits per heavy atom. The van der Waals surface area contributed by atoms with Gasteiger partial charge in [-0.2, -0.15) is 0 Å². The van der Waals surface area contributed by atoms with E-state index in [1.807, 2.05) is 0 Å². The second kappa shape index (κ2) is 7.99. The third-order valence-electron chi connectivity index (χ3n) is 3.99. The number of rotatable bonds is 7. The van der Waals surface area contributed by atoms with Crippen molar-refractivity contribution in [1.82, 2.24) is 4.57 Å². The molecule has 142 valence electrons. The van der Waals surface area contributed by atoms with Crippen molar-refractivity contribution in [3.8, 4) is 11.5 Å². The van der Waals surface area contributed by atoms with Gasteiger partial charge in [0.25, 0.3) is 0 Å². The lowest BCUT2D eigenvalue weighted by Gasteiger charge is -2.09. The summed E-state index contributed by atoms with van der Waals surface area (Å²) >= 11 is 3.67. The molecule has 3 aromatic rings. The number of nitrogens with one attached hydrogen (secondary N) is 1. The number of fused-ring (bicyclic) bond motifs is 1. The van der Waals surface area contributed by atoms with E-state index in [1.54, 1.807) is 54.0 Å². The molecule has 1 unspecified atom stereocenters. The molecule has 1 aromatic heterocycles. The van der Waals surface area contributed by atoms with Gasteiger partial charge in [0.15, 0.2) is 5.75 Å². The van der Waals surface area contributed by atoms with Crippen LogP contribution in [0.25, 0.3) is 10.9 Å². The standard InChI is InChI=1S/C18H17ClN2O5S/c1-11-18(26-14-5-2-12(19)3-6-14)15-8-13(20-10-27(24)25)4-7-16(15)21(11)9-17(22)23/h2-8,20H,9-10H2,1H3,(H,22,23)(H,24,25)/p-1. The highest BCUT2D eigenvalue weighted by atomic mass is 35.5. The average molecular weight is 408 g/mol. The maximum atomic E-state index is 11.3. The first kappa shape index (κ1) is 19.2. The number of carboxylic acids is 1. The van der Waals surface area contributed by atoms with Gasteiger partial charge in [0, 0.05) is 16.1 Å². The van der Waals surface area contributed by atoms with Gasteiger partial charge in [0.2, 0.25) is 0 Å². The van der Waals surface area contributed by atoms with E-state index >= 15 is 0 Å². The second-order valence-corrected chi connectivity index (χ2v) is 7.14. The van der Waals surface area contributed by atoms with Gasteiger partial charge in [-0.3, -0.25) is 9.00 Å². The number of benzene rings is 2. The van der Waals surface area contributed by atoms with E-state index in [2.05, 4.69) is 5.32 Å². The SMILES string of the molecule is Cc1c(Oc2ccc(Cl)cc2)c2cc(NCS(=O)[O-])ccc2n1CC(=O)O. The minimum Gasteiger partial charge on any atom is -0.771 e. The molecular formula is C18H16ClN2O5S-. The summed E-state index contributed by atoms with van der Waals surface area (Å²) in [7, 11) is 0. The fourth-order valence-corrected chi connectivity index (χ4v) is 3.20. The molecule has 7 nitrogen and oxygen atoms in total. The number of hydrogen-bond acceptors (Lipinski definition) is 5. The monoisotopic (exact) mass is 407 g/mol. The van der Waals surface area contributed by atoms with Crippen molar-refractivity contribution in [2.24, 2.45) is 0 Å². The number of nitrogens with zero attached hydrogens (tertiary/aromatic N) is 1. The summed E-state index contributed by atoms with van der Waals surface area (Å²) in [5.41, 5.74) is 1.90. The van der Waals surface area contributed by atoms with E-state index in [-0.39, 0.29) is 12.4 Å². The lowest BCUT2D eigenvalue weighted by Crippen LogP contribution is -2.10. The topological polar surface area (TPSA) is 104 Å². The Hall–Kier alpha value is -2.55. The third-order valence-corrected chi connectivity index (χ3v) is 4.62. The summed E-state index contributed by atoms with van der Waals surface area (Å²) in [4.78, 5) is 11.3. The maximum Gasteiger partial charge on any atom is 0.323 e. The summed E-state index contributed by atoms with van der Waals surface area (Å²) in [5.74, 6) is -0.151. The molecule has 0 saturated heterocycles. The highest BCUT2D eigenvalue weighted by Gasteiger charge is 2.18. The lowest BCUT2D eigenvalue weighted by atomic mass is 10.2. The van der Waals surface area contributed by atoms with Gasteiger partial charge in [-0.15, -0.1) is 0 Å². The van der Waals surface area contributed by atoms with Crippen molar-refractivity contribution in [2.45, 2.75) is 13.5 Å². The van der Waals surface area contributed by atoms with Crippen LogP contribution in [0.2, 0.25) is 5.02 Å². The minimum absolute atomic E-state index is 0.219. The highest BCUT2D eigenvalue weighted by molar-refractivity contribution is 7.79. The number of aromatic nitrogens is 1. The van der Waals surface area contributed by atoms with Gasteiger partial charge >= 0.3 is 5.97 Å². The predicted octanol–water partition coefficient (Wildman–Crippen LogP) is 3.73. The molecule has 0 aliphatic carbocycles. The highest BCUT2D eigenvalue weighted by Crippen LogP contribution is 2.37. The summed E-state index contributed by atoms with van der Waals surface area (Å²) in [6.45, 7) is 1.55. The normalized spacial score (nSPS) is 12.1. The number of ether oxygens (including phenoxy) is 1. The Morgan fingerprint density at radius 2 is 2.00 bits per heavy atom. The minimum atomic E-state index is -2.23. The van der Waals surface area contributed by atoms with Crippen LogP contribution in [0.4, 0.5) is 5.69 Å². The average Bonchev–Trinajstić information content (AvgIpc) is 2.86. The molecule has 0 bridgehead atoms.